The topological polar surface area (TPSA) is 55.8 Å². The number of halogens is 8. The van der Waals surface area contributed by atoms with Crippen LogP contribution in [0.3, 0.4) is 0 Å². The number of aliphatic carboxylic acids is 1. The van der Waals surface area contributed by atoms with E-state index in [9.17, 15) is 39.9 Å². The van der Waals surface area contributed by atoms with Gasteiger partial charge in [0, 0.05) is 13.7 Å². The highest BCUT2D eigenvalue weighted by atomic mass is 19.4. The van der Waals surface area contributed by atoms with Crippen LogP contribution < -0.4 is 4.74 Å². The highest BCUT2D eigenvalue weighted by Gasteiger charge is 2.59. The Morgan fingerprint density at radius 3 is 1.94 bits per heavy atom. The molecule has 1 saturated carbocycles. The Balaban J connectivity index is 0.000000319. The minimum Gasteiger partial charge on any atom is -0.481 e. The number of carboxylic acid groups (broad SMARTS) is 1. The van der Waals surface area contributed by atoms with Gasteiger partial charge in [0.1, 0.15) is 0 Å². The molecule has 1 aliphatic carbocycles. The smallest absolute Gasteiger partial charge is 0.439 e. The molecule has 0 radical (unpaired) electrons. The SMILES string of the molecule is COCC1CCC(C(=O)O)CC1.Fc1cc(-c2ccccc2)cc(F)c1OC(F)(F)C(F)C(F)(F)F. The van der Waals surface area contributed by atoms with Crippen LogP contribution in [0.4, 0.5) is 35.1 Å². The maximum atomic E-state index is 13.8. The van der Waals surface area contributed by atoms with E-state index in [1.807, 2.05) is 0 Å². The zero-order chi connectivity index (χ0) is 27.1. The van der Waals surface area contributed by atoms with Gasteiger partial charge in [-0.1, -0.05) is 30.3 Å². The Bertz CT molecular complexity index is 966. The molecule has 1 unspecified atom stereocenters. The number of alkyl halides is 6. The zero-order valence-corrected chi connectivity index (χ0v) is 19.0. The molecule has 1 atom stereocenters. The lowest BCUT2D eigenvalue weighted by atomic mass is 9.82. The number of carbonyl (C=O) groups is 1. The number of rotatable bonds is 7. The van der Waals surface area contributed by atoms with Gasteiger partial charge in [0.05, 0.1) is 5.92 Å². The van der Waals surface area contributed by atoms with Crippen molar-refractivity contribution in [2.75, 3.05) is 13.7 Å². The van der Waals surface area contributed by atoms with E-state index in [-0.39, 0.29) is 11.5 Å². The van der Waals surface area contributed by atoms with E-state index in [0.717, 1.165) is 32.3 Å². The summed E-state index contributed by atoms with van der Waals surface area (Å²) in [5, 5.41) is 8.72. The van der Waals surface area contributed by atoms with Crippen molar-refractivity contribution in [3.05, 3.63) is 54.1 Å². The third-order valence-corrected chi connectivity index (χ3v) is 5.52. The van der Waals surface area contributed by atoms with E-state index in [4.69, 9.17) is 9.84 Å². The Labute approximate surface area is 201 Å². The van der Waals surface area contributed by atoms with Crippen LogP contribution in [0, 0.1) is 23.5 Å². The normalized spacial score (nSPS) is 19.1. The van der Waals surface area contributed by atoms with Crippen molar-refractivity contribution in [1.29, 1.82) is 0 Å². The van der Waals surface area contributed by atoms with Gasteiger partial charge in [-0.15, -0.1) is 0 Å². The molecule has 0 bridgehead atoms. The lowest BCUT2D eigenvalue weighted by Crippen LogP contribution is -2.46. The predicted molar refractivity (Wildman–Crippen MR) is 113 cm³/mol. The van der Waals surface area contributed by atoms with E-state index in [0.29, 0.717) is 23.6 Å². The van der Waals surface area contributed by atoms with Gasteiger partial charge < -0.3 is 14.6 Å². The molecule has 0 aromatic heterocycles. The third kappa shape index (κ3) is 8.07. The van der Waals surface area contributed by atoms with Crippen molar-refractivity contribution in [3.63, 3.8) is 0 Å². The van der Waals surface area contributed by atoms with Crippen LogP contribution in [-0.2, 0) is 9.53 Å². The number of methoxy groups -OCH3 is 1. The van der Waals surface area contributed by atoms with Gasteiger partial charge in [0.25, 0.3) is 6.17 Å². The Hall–Kier alpha value is -2.89. The molecule has 3 rings (SSSR count). The van der Waals surface area contributed by atoms with Crippen LogP contribution in [0.25, 0.3) is 11.1 Å². The fourth-order valence-corrected chi connectivity index (χ4v) is 3.64. The van der Waals surface area contributed by atoms with Crippen molar-refractivity contribution < 1.29 is 54.5 Å². The molecule has 200 valence electrons. The van der Waals surface area contributed by atoms with Crippen molar-refractivity contribution in [1.82, 2.24) is 0 Å². The molecule has 1 aliphatic rings. The van der Waals surface area contributed by atoms with Crippen LogP contribution in [0.2, 0.25) is 0 Å². The van der Waals surface area contributed by atoms with Gasteiger partial charge in [0.15, 0.2) is 17.4 Å². The van der Waals surface area contributed by atoms with Crippen molar-refractivity contribution in [3.8, 4) is 16.9 Å². The molecular weight excluding hydrogens is 504 g/mol. The lowest BCUT2D eigenvalue weighted by molar-refractivity contribution is -0.306. The minimum atomic E-state index is -5.96. The summed E-state index contributed by atoms with van der Waals surface area (Å²) >= 11 is 0. The first-order chi connectivity index (χ1) is 16.8. The summed E-state index contributed by atoms with van der Waals surface area (Å²) in [7, 11) is 1.70. The molecule has 0 aliphatic heterocycles. The highest BCUT2D eigenvalue weighted by Crippen LogP contribution is 2.39. The molecule has 2 aromatic rings. The maximum absolute atomic E-state index is 13.8. The summed E-state index contributed by atoms with van der Waals surface area (Å²) in [5.41, 5.74) is 0.265. The van der Waals surface area contributed by atoms with E-state index in [2.05, 4.69) is 4.74 Å². The molecule has 0 saturated heterocycles. The number of carboxylic acids is 1. The highest BCUT2D eigenvalue weighted by molar-refractivity contribution is 5.70. The number of hydrogen-bond donors (Lipinski definition) is 1. The van der Waals surface area contributed by atoms with Gasteiger partial charge in [-0.2, -0.15) is 22.0 Å². The van der Waals surface area contributed by atoms with Gasteiger partial charge in [0.2, 0.25) is 0 Å². The molecule has 12 heteroatoms. The van der Waals surface area contributed by atoms with E-state index < -0.39 is 41.8 Å². The molecule has 4 nitrogen and oxygen atoms in total. The summed E-state index contributed by atoms with van der Waals surface area (Å²) in [5.74, 6) is -5.33. The molecule has 0 spiro atoms. The number of hydrogen-bond acceptors (Lipinski definition) is 3. The Morgan fingerprint density at radius 2 is 1.50 bits per heavy atom. The van der Waals surface area contributed by atoms with Crippen LogP contribution in [0.5, 0.6) is 5.75 Å². The standard InChI is InChI=1S/C15H8F8O.C9H16O3/c16-10-6-9(8-4-2-1-3-5-8)7-11(17)12(10)24-15(22,23)13(18)14(19,20)21;1-12-6-7-2-4-8(5-3-7)9(10)11/h1-7,13H;7-8H,2-6H2,1H3,(H,10,11). The van der Waals surface area contributed by atoms with Crippen LogP contribution in [-0.4, -0.2) is 43.2 Å². The van der Waals surface area contributed by atoms with Crippen molar-refractivity contribution >= 4 is 5.97 Å². The van der Waals surface area contributed by atoms with Gasteiger partial charge in [-0.05, 0) is 54.9 Å². The summed E-state index contributed by atoms with van der Waals surface area (Å²) in [6.45, 7) is 0.784. The first-order valence-corrected chi connectivity index (χ1v) is 10.8. The van der Waals surface area contributed by atoms with Crippen LogP contribution in [0.1, 0.15) is 25.7 Å². The second-order valence-electron chi connectivity index (χ2n) is 8.21. The number of benzene rings is 2. The average molecular weight is 528 g/mol. The van der Waals surface area contributed by atoms with Crippen LogP contribution in [0.15, 0.2) is 42.5 Å². The summed E-state index contributed by atoms with van der Waals surface area (Å²) in [6, 6.07) is 8.80. The monoisotopic (exact) mass is 528 g/mol. The fourth-order valence-electron chi connectivity index (χ4n) is 3.64. The predicted octanol–water partition coefficient (Wildman–Crippen LogP) is 7.03. The largest absolute Gasteiger partial charge is 0.481 e. The van der Waals surface area contributed by atoms with E-state index in [1.165, 1.54) is 12.1 Å². The molecule has 36 heavy (non-hydrogen) atoms. The maximum Gasteiger partial charge on any atom is 0.439 e. The lowest BCUT2D eigenvalue weighted by Gasteiger charge is -2.25. The minimum absolute atomic E-state index is 0.0612. The van der Waals surface area contributed by atoms with Crippen molar-refractivity contribution in [2.24, 2.45) is 11.8 Å². The van der Waals surface area contributed by atoms with Gasteiger partial charge in [-0.25, -0.2) is 13.2 Å². The molecule has 1 N–H and O–H groups in total. The van der Waals surface area contributed by atoms with Gasteiger partial charge >= 0.3 is 18.3 Å². The van der Waals surface area contributed by atoms with Crippen molar-refractivity contribution in [2.45, 2.75) is 44.1 Å². The zero-order valence-electron chi connectivity index (χ0n) is 19.0. The van der Waals surface area contributed by atoms with Gasteiger partial charge in [-0.3, -0.25) is 4.79 Å². The second-order valence-corrected chi connectivity index (χ2v) is 8.21. The average Bonchev–Trinajstić information content (AvgIpc) is 2.82. The first kappa shape index (κ1) is 29.3. The molecular formula is C24H24F8O4. The number of ether oxygens (including phenoxy) is 2. The third-order valence-electron chi connectivity index (χ3n) is 5.52. The summed E-state index contributed by atoms with van der Waals surface area (Å²) in [6.07, 6.45) is -12.5. The molecule has 0 heterocycles. The van der Waals surface area contributed by atoms with E-state index >= 15 is 0 Å². The Kier molecular flexibility index (Phi) is 10.1. The fraction of sp³-hybridized carbons (Fsp3) is 0.458. The molecule has 0 amide bonds. The molecule has 1 fully saturated rings. The summed E-state index contributed by atoms with van der Waals surface area (Å²) < 4.78 is 111. The first-order valence-electron chi connectivity index (χ1n) is 10.8. The van der Waals surface area contributed by atoms with E-state index in [1.54, 1.807) is 25.3 Å². The Morgan fingerprint density at radius 1 is 0.972 bits per heavy atom. The molecule has 2 aromatic carbocycles. The summed E-state index contributed by atoms with van der Waals surface area (Å²) in [4.78, 5) is 10.6. The second kappa shape index (κ2) is 12.4. The quantitative estimate of drug-likeness (QED) is 0.392. The van der Waals surface area contributed by atoms with Crippen LogP contribution >= 0.6 is 0 Å².